The van der Waals surface area contributed by atoms with Crippen molar-refractivity contribution in [2.45, 2.75) is 94.8 Å². The second-order valence-electron chi connectivity index (χ2n) is 14.6. The fourth-order valence-electron chi connectivity index (χ4n) is 11.7. The molecule has 180 valence electrons. The van der Waals surface area contributed by atoms with Crippen molar-refractivity contribution >= 4 is 21.7 Å². The van der Waals surface area contributed by atoms with E-state index in [0.717, 1.165) is 35.5 Å². The van der Waals surface area contributed by atoms with Crippen LogP contribution in [0, 0.1) is 42.4 Å². The summed E-state index contributed by atoms with van der Waals surface area (Å²) in [5.41, 5.74) is 6.58. The molecule has 8 aliphatic carbocycles. The van der Waals surface area contributed by atoms with Gasteiger partial charge in [0.25, 0.3) is 0 Å². The molecule has 1 heterocycles. The SMILES string of the molecule is Cc1ccc2nc(C34CC5CC(CC(C5)C3)C4)c3ccc(C45CC6CC(CC(C6)C4)C5)cc3c2c1. The zero-order valence-electron chi connectivity index (χ0n) is 21.4. The Balaban J connectivity index is 1.27. The van der Waals surface area contributed by atoms with Crippen molar-refractivity contribution in [3.63, 3.8) is 0 Å². The van der Waals surface area contributed by atoms with Gasteiger partial charge in [0.05, 0.1) is 11.2 Å². The summed E-state index contributed by atoms with van der Waals surface area (Å²) in [6.45, 7) is 2.25. The lowest BCUT2D eigenvalue weighted by atomic mass is 9.47. The molecule has 0 amide bonds. The maximum atomic E-state index is 5.56. The molecular weight excluding hydrogens is 422 g/mol. The monoisotopic (exact) mass is 461 g/mol. The maximum Gasteiger partial charge on any atom is 0.0712 e. The number of aromatic nitrogens is 1. The van der Waals surface area contributed by atoms with Crippen LogP contribution in [-0.4, -0.2) is 4.98 Å². The Morgan fingerprint density at radius 1 is 0.571 bits per heavy atom. The van der Waals surface area contributed by atoms with E-state index in [0.29, 0.717) is 10.8 Å². The molecule has 0 radical (unpaired) electrons. The third-order valence-corrected chi connectivity index (χ3v) is 12.1. The van der Waals surface area contributed by atoms with Crippen LogP contribution in [0.4, 0.5) is 0 Å². The summed E-state index contributed by atoms with van der Waals surface area (Å²) < 4.78 is 0. The Morgan fingerprint density at radius 3 is 1.69 bits per heavy atom. The molecule has 1 heteroatoms. The normalized spacial score (nSPS) is 43.0. The molecule has 0 aliphatic heterocycles. The van der Waals surface area contributed by atoms with Crippen molar-refractivity contribution in [1.29, 1.82) is 0 Å². The van der Waals surface area contributed by atoms with Gasteiger partial charge in [-0.2, -0.15) is 0 Å². The Bertz CT molecular complexity index is 1310. The Kier molecular flexibility index (Phi) is 3.87. The maximum absolute atomic E-state index is 5.56. The fourth-order valence-corrected chi connectivity index (χ4v) is 11.7. The van der Waals surface area contributed by atoms with Crippen LogP contribution in [0.5, 0.6) is 0 Å². The van der Waals surface area contributed by atoms with Crippen molar-refractivity contribution in [3.05, 3.63) is 53.2 Å². The third kappa shape index (κ3) is 2.79. The molecule has 0 saturated heterocycles. The van der Waals surface area contributed by atoms with Gasteiger partial charge in [0.15, 0.2) is 0 Å². The molecule has 3 aromatic rings. The topological polar surface area (TPSA) is 12.9 Å². The number of fused-ring (bicyclic) bond motifs is 3. The van der Waals surface area contributed by atoms with Gasteiger partial charge in [0.1, 0.15) is 0 Å². The highest BCUT2D eigenvalue weighted by Gasteiger charge is 2.54. The molecule has 8 aliphatic rings. The van der Waals surface area contributed by atoms with E-state index in [4.69, 9.17) is 4.98 Å². The molecule has 2 aromatic carbocycles. The van der Waals surface area contributed by atoms with Crippen LogP contribution in [0.3, 0.4) is 0 Å². The first-order valence-corrected chi connectivity index (χ1v) is 14.9. The van der Waals surface area contributed by atoms with Crippen molar-refractivity contribution < 1.29 is 0 Å². The molecule has 11 rings (SSSR count). The van der Waals surface area contributed by atoms with Crippen molar-refractivity contribution in [2.75, 3.05) is 0 Å². The lowest BCUT2D eigenvalue weighted by molar-refractivity contribution is -0.00634. The smallest absolute Gasteiger partial charge is 0.0712 e. The van der Waals surface area contributed by atoms with Crippen LogP contribution in [0.15, 0.2) is 36.4 Å². The Hall–Kier alpha value is -1.89. The molecule has 35 heavy (non-hydrogen) atoms. The van der Waals surface area contributed by atoms with Gasteiger partial charge in [0.2, 0.25) is 0 Å². The predicted octanol–water partition coefficient (Wildman–Crippen LogP) is 8.63. The summed E-state index contributed by atoms with van der Waals surface area (Å²) in [4.78, 5) is 5.56. The molecule has 8 bridgehead atoms. The van der Waals surface area contributed by atoms with E-state index in [9.17, 15) is 0 Å². The lowest BCUT2D eigenvalue weighted by Gasteiger charge is -2.57. The number of hydrogen-bond acceptors (Lipinski definition) is 1. The van der Waals surface area contributed by atoms with E-state index >= 15 is 0 Å². The largest absolute Gasteiger partial charge is 0.252 e. The zero-order valence-corrected chi connectivity index (χ0v) is 21.4. The average Bonchev–Trinajstić information content (AvgIpc) is 2.81. The Morgan fingerprint density at radius 2 is 1.11 bits per heavy atom. The van der Waals surface area contributed by atoms with Gasteiger partial charge in [-0.15, -0.1) is 0 Å². The standard InChI is InChI=1S/C34H39N/c1-20-2-5-31-30(6-20)29-13-27(33-14-21-7-22(15-33)9-23(8-21)16-33)3-4-28(29)32(35-31)34-17-24-10-25(18-34)12-26(11-24)19-34/h2-6,13,21-26H,7-12,14-19H2,1H3. The van der Waals surface area contributed by atoms with Gasteiger partial charge in [-0.3, -0.25) is 4.98 Å². The van der Waals surface area contributed by atoms with Crippen molar-refractivity contribution in [1.82, 2.24) is 4.98 Å². The highest BCUT2D eigenvalue weighted by molar-refractivity contribution is 6.07. The van der Waals surface area contributed by atoms with E-state index in [-0.39, 0.29) is 0 Å². The first-order chi connectivity index (χ1) is 17.0. The summed E-state index contributed by atoms with van der Waals surface area (Å²) in [7, 11) is 0. The van der Waals surface area contributed by atoms with Gasteiger partial charge < -0.3 is 0 Å². The van der Waals surface area contributed by atoms with E-state index in [2.05, 4.69) is 43.3 Å². The number of nitrogens with zero attached hydrogens (tertiary/aromatic N) is 1. The number of pyridine rings is 1. The van der Waals surface area contributed by atoms with Gasteiger partial charge >= 0.3 is 0 Å². The second-order valence-corrected chi connectivity index (χ2v) is 14.6. The summed E-state index contributed by atoms with van der Waals surface area (Å²) in [5.74, 6) is 5.86. The summed E-state index contributed by atoms with van der Waals surface area (Å²) in [6.07, 6.45) is 17.6. The van der Waals surface area contributed by atoms with E-state index < -0.39 is 0 Å². The first kappa shape index (κ1) is 20.2. The minimum Gasteiger partial charge on any atom is -0.252 e. The average molecular weight is 462 g/mol. The van der Waals surface area contributed by atoms with Crippen molar-refractivity contribution in [2.24, 2.45) is 35.5 Å². The molecule has 0 N–H and O–H groups in total. The second kappa shape index (κ2) is 6.70. The summed E-state index contributed by atoms with van der Waals surface area (Å²) >= 11 is 0. The molecule has 0 atom stereocenters. The highest BCUT2D eigenvalue weighted by atomic mass is 14.8. The minimum atomic E-state index is 0.342. The van der Waals surface area contributed by atoms with E-state index in [1.807, 2.05) is 0 Å². The fraction of sp³-hybridized carbons (Fsp3) is 0.618. The molecule has 0 unspecified atom stereocenters. The van der Waals surface area contributed by atoms with Crippen LogP contribution in [0.25, 0.3) is 21.7 Å². The van der Waals surface area contributed by atoms with Gasteiger partial charge in [0, 0.05) is 16.2 Å². The van der Waals surface area contributed by atoms with Gasteiger partial charge in [-0.25, -0.2) is 0 Å². The lowest BCUT2D eigenvalue weighted by Crippen LogP contribution is -2.49. The van der Waals surface area contributed by atoms with Crippen LogP contribution < -0.4 is 0 Å². The molecule has 0 spiro atoms. The zero-order chi connectivity index (χ0) is 22.9. The molecule has 8 fully saturated rings. The van der Waals surface area contributed by atoms with Gasteiger partial charge in [-0.05, 0) is 154 Å². The quantitative estimate of drug-likeness (QED) is 0.348. The van der Waals surface area contributed by atoms with Crippen LogP contribution in [0.2, 0.25) is 0 Å². The molecule has 8 saturated carbocycles. The Labute approximate surface area is 210 Å². The van der Waals surface area contributed by atoms with E-state index in [1.165, 1.54) is 110 Å². The summed E-state index contributed by atoms with van der Waals surface area (Å²) in [6, 6.07) is 14.9. The van der Waals surface area contributed by atoms with Gasteiger partial charge in [-0.1, -0.05) is 23.8 Å². The predicted molar refractivity (Wildman–Crippen MR) is 144 cm³/mol. The third-order valence-electron chi connectivity index (χ3n) is 12.1. The van der Waals surface area contributed by atoms with Crippen LogP contribution in [-0.2, 0) is 10.8 Å². The number of rotatable bonds is 2. The molecular formula is C34H39N. The highest BCUT2D eigenvalue weighted by Crippen LogP contribution is 2.63. The van der Waals surface area contributed by atoms with Crippen molar-refractivity contribution in [3.8, 4) is 0 Å². The number of hydrogen-bond donors (Lipinski definition) is 0. The van der Waals surface area contributed by atoms with Crippen LogP contribution in [0.1, 0.15) is 93.9 Å². The minimum absolute atomic E-state index is 0.342. The number of aryl methyl sites for hydroxylation is 1. The summed E-state index contributed by atoms with van der Waals surface area (Å²) in [5, 5.41) is 4.43. The molecule has 1 nitrogen and oxygen atoms in total. The van der Waals surface area contributed by atoms with Crippen LogP contribution >= 0.6 is 0 Å². The molecule has 1 aromatic heterocycles. The van der Waals surface area contributed by atoms with E-state index in [1.54, 1.807) is 5.56 Å². The number of benzene rings is 2. The first-order valence-electron chi connectivity index (χ1n) is 14.9.